The van der Waals surface area contributed by atoms with E-state index in [1.54, 1.807) is 20.1 Å². The molecule has 0 aliphatic carbocycles. The van der Waals surface area contributed by atoms with E-state index in [2.05, 4.69) is 20.3 Å². The third-order valence-electron chi connectivity index (χ3n) is 2.92. The maximum absolute atomic E-state index is 11.5. The van der Waals surface area contributed by atoms with Crippen LogP contribution >= 0.6 is 11.8 Å². The lowest BCUT2D eigenvalue weighted by Crippen LogP contribution is -2.13. The molecule has 0 saturated heterocycles. The highest BCUT2D eigenvalue weighted by Crippen LogP contribution is 2.32. The van der Waals surface area contributed by atoms with E-state index in [-0.39, 0.29) is 29.7 Å². The fraction of sp³-hybridized carbons (Fsp3) is 0.286. The number of nitrogens with zero attached hydrogens (tertiary/aromatic N) is 4. The maximum atomic E-state index is 11.5. The number of pyridine rings is 1. The molecule has 0 atom stereocenters. The highest BCUT2D eigenvalue weighted by atomic mass is 32.2. The number of hydrogen-bond donors (Lipinski definition) is 1. The van der Waals surface area contributed by atoms with Crippen LogP contribution in [0.25, 0.3) is 0 Å². The summed E-state index contributed by atoms with van der Waals surface area (Å²) >= 11 is 1.26. The first kappa shape index (κ1) is 18.4. The Labute approximate surface area is 147 Å². The van der Waals surface area contributed by atoms with Crippen molar-refractivity contribution in [1.82, 2.24) is 15.0 Å². The van der Waals surface area contributed by atoms with Gasteiger partial charge in [-0.3, -0.25) is 10.1 Å². The monoisotopic (exact) mass is 365 g/mol. The molecule has 11 heteroatoms. The van der Waals surface area contributed by atoms with Gasteiger partial charge in [-0.25, -0.2) is 19.7 Å². The van der Waals surface area contributed by atoms with E-state index in [0.717, 1.165) is 0 Å². The standard InChI is InChI=1S/C14H15N5O5S/c1-4-23-14(20)24-9-7-16-13(25-3)18-11(9)17-12-10(19(21)22)8(2)5-6-15-12/h5-7H,4H2,1-3H3,(H,15,16,17,18). The Morgan fingerprint density at radius 2 is 2.16 bits per heavy atom. The van der Waals surface area contributed by atoms with Crippen LogP contribution in [0.15, 0.2) is 23.6 Å². The van der Waals surface area contributed by atoms with Gasteiger partial charge in [0.1, 0.15) is 0 Å². The second kappa shape index (κ2) is 8.24. The van der Waals surface area contributed by atoms with Gasteiger partial charge in [-0.15, -0.1) is 0 Å². The minimum Gasteiger partial charge on any atom is -0.434 e. The van der Waals surface area contributed by atoms with Crippen LogP contribution in [-0.2, 0) is 4.74 Å². The zero-order valence-corrected chi connectivity index (χ0v) is 14.5. The lowest BCUT2D eigenvalue weighted by Gasteiger charge is -2.11. The number of ether oxygens (including phenoxy) is 2. The molecule has 0 aromatic carbocycles. The Morgan fingerprint density at radius 3 is 2.80 bits per heavy atom. The van der Waals surface area contributed by atoms with Crippen LogP contribution in [0.2, 0.25) is 0 Å². The molecule has 2 aromatic rings. The molecule has 0 unspecified atom stereocenters. The smallest absolute Gasteiger partial charge is 0.434 e. The first-order chi connectivity index (χ1) is 12.0. The molecule has 2 aromatic heterocycles. The number of aromatic nitrogens is 3. The number of thioether (sulfide) groups is 1. The summed E-state index contributed by atoms with van der Waals surface area (Å²) in [6, 6.07) is 1.52. The first-order valence-electron chi connectivity index (χ1n) is 7.08. The molecule has 25 heavy (non-hydrogen) atoms. The summed E-state index contributed by atoms with van der Waals surface area (Å²) < 4.78 is 9.75. The van der Waals surface area contributed by atoms with Gasteiger partial charge >= 0.3 is 11.8 Å². The number of carbonyl (C=O) groups is 1. The molecule has 10 nitrogen and oxygen atoms in total. The largest absolute Gasteiger partial charge is 0.514 e. The summed E-state index contributed by atoms with van der Waals surface area (Å²) in [6.45, 7) is 3.36. The van der Waals surface area contributed by atoms with Crippen molar-refractivity contribution < 1.29 is 19.2 Å². The third kappa shape index (κ3) is 4.53. The van der Waals surface area contributed by atoms with Crippen LogP contribution in [0.4, 0.5) is 22.1 Å². The van der Waals surface area contributed by atoms with E-state index in [4.69, 9.17) is 9.47 Å². The second-order valence-electron chi connectivity index (χ2n) is 4.56. The molecule has 1 N–H and O–H groups in total. The number of aryl methyl sites for hydroxylation is 1. The third-order valence-corrected chi connectivity index (χ3v) is 3.48. The van der Waals surface area contributed by atoms with Gasteiger partial charge in [0.15, 0.2) is 16.7 Å². The van der Waals surface area contributed by atoms with Crippen molar-refractivity contribution in [2.75, 3.05) is 18.2 Å². The summed E-state index contributed by atoms with van der Waals surface area (Å²) in [5.41, 5.74) is 0.225. The summed E-state index contributed by atoms with van der Waals surface area (Å²) in [5, 5.41) is 14.4. The number of rotatable bonds is 6. The van der Waals surface area contributed by atoms with Gasteiger partial charge in [0.2, 0.25) is 5.82 Å². The molecule has 0 bridgehead atoms. The molecule has 0 aliphatic rings. The summed E-state index contributed by atoms with van der Waals surface area (Å²) in [4.78, 5) is 34.4. The zero-order valence-electron chi connectivity index (χ0n) is 13.7. The van der Waals surface area contributed by atoms with E-state index < -0.39 is 11.1 Å². The predicted octanol–water partition coefficient (Wildman–Crippen LogP) is 3.09. The molecule has 0 aliphatic heterocycles. The van der Waals surface area contributed by atoms with E-state index in [9.17, 15) is 14.9 Å². The van der Waals surface area contributed by atoms with Crippen LogP contribution in [0.1, 0.15) is 12.5 Å². The molecule has 0 saturated carbocycles. The van der Waals surface area contributed by atoms with Crippen LogP contribution in [0.5, 0.6) is 5.75 Å². The second-order valence-corrected chi connectivity index (χ2v) is 5.34. The average Bonchev–Trinajstić information content (AvgIpc) is 2.56. The lowest BCUT2D eigenvalue weighted by atomic mass is 10.2. The quantitative estimate of drug-likeness (QED) is 0.268. The van der Waals surface area contributed by atoms with Crippen LogP contribution in [0, 0.1) is 17.0 Å². The minimum absolute atomic E-state index is 0.0236. The number of nitrogens with one attached hydrogen (secondary N) is 1. The van der Waals surface area contributed by atoms with Crippen molar-refractivity contribution in [2.24, 2.45) is 0 Å². The molecule has 0 radical (unpaired) electrons. The van der Waals surface area contributed by atoms with Gasteiger partial charge in [0.05, 0.1) is 17.7 Å². The van der Waals surface area contributed by atoms with Crippen molar-refractivity contribution in [3.8, 4) is 5.75 Å². The van der Waals surface area contributed by atoms with Gasteiger partial charge in [-0.1, -0.05) is 11.8 Å². The zero-order chi connectivity index (χ0) is 18.4. The molecule has 0 amide bonds. The number of anilines is 2. The lowest BCUT2D eigenvalue weighted by molar-refractivity contribution is -0.384. The SMILES string of the molecule is CCOC(=O)Oc1cnc(SC)nc1Nc1nccc(C)c1[N+](=O)[O-]. The molecule has 0 fully saturated rings. The van der Waals surface area contributed by atoms with Gasteiger partial charge in [-0.05, 0) is 26.2 Å². The summed E-state index contributed by atoms with van der Waals surface area (Å²) in [5.74, 6) is 0.00641. The Balaban J connectivity index is 2.42. The Hall–Kier alpha value is -2.95. The van der Waals surface area contributed by atoms with E-state index >= 15 is 0 Å². The maximum Gasteiger partial charge on any atom is 0.514 e. The van der Waals surface area contributed by atoms with Gasteiger partial charge in [-0.2, -0.15) is 0 Å². The Kier molecular flexibility index (Phi) is 6.06. The van der Waals surface area contributed by atoms with Gasteiger partial charge < -0.3 is 14.8 Å². The Morgan fingerprint density at radius 1 is 1.40 bits per heavy atom. The predicted molar refractivity (Wildman–Crippen MR) is 90.4 cm³/mol. The fourth-order valence-electron chi connectivity index (χ4n) is 1.84. The molecule has 2 rings (SSSR count). The van der Waals surface area contributed by atoms with E-state index in [0.29, 0.717) is 10.7 Å². The molecule has 2 heterocycles. The highest BCUT2D eigenvalue weighted by molar-refractivity contribution is 7.98. The first-order valence-corrected chi connectivity index (χ1v) is 8.31. The van der Waals surface area contributed by atoms with Crippen molar-refractivity contribution in [3.63, 3.8) is 0 Å². The van der Waals surface area contributed by atoms with Crippen LogP contribution < -0.4 is 10.1 Å². The average molecular weight is 365 g/mol. The number of nitro groups is 1. The topological polar surface area (TPSA) is 129 Å². The van der Waals surface area contributed by atoms with Crippen molar-refractivity contribution in [1.29, 1.82) is 0 Å². The molecule has 132 valence electrons. The van der Waals surface area contributed by atoms with E-state index in [1.807, 2.05) is 0 Å². The van der Waals surface area contributed by atoms with Crippen molar-refractivity contribution >= 4 is 35.2 Å². The van der Waals surface area contributed by atoms with Crippen LogP contribution in [0.3, 0.4) is 0 Å². The minimum atomic E-state index is -0.933. The number of carbonyl (C=O) groups excluding carboxylic acids is 1. The van der Waals surface area contributed by atoms with Gasteiger partial charge in [0.25, 0.3) is 0 Å². The molecular formula is C14H15N5O5S. The molecule has 0 spiro atoms. The summed E-state index contributed by atoms with van der Waals surface area (Å²) in [7, 11) is 0. The fourth-order valence-corrected chi connectivity index (χ4v) is 2.18. The highest BCUT2D eigenvalue weighted by Gasteiger charge is 2.21. The normalized spacial score (nSPS) is 10.2. The van der Waals surface area contributed by atoms with Crippen molar-refractivity contribution in [2.45, 2.75) is 19.0 Å². The molecular weight excluding hydrogens is 350 g/mol. The van der Waals surface area contributed by atoms with Crippen molar-refractivity contribution in [3.05, 3.63) is 34.1 Å². The number of hydrogen-bond acceptors (Lipinski definition) is 10. The summed E-state index contributed by atoms with van der Waals surface area (Å²) in [6.07, 6.45) is 3.53. The van der Waals surface area contributed by atoms with E-state index in [1.165, 1.54) is 30.2 Å². The van der Waals surface area contributed by atoms with Crippen LogP contribution in [-0.4, -0.2) is 38.9 Å². The Bertz CT molecular complexity index is 801. The van der Waals surface area contributed by atoms with Gasteiger partial charge in [0, 0.05) is 11.8 Å².